The van der Waals surface area contributed by atoms with Gasteiger partial charge in [-0.15, -0.1) is 0 Å². The highest BCUT2D eigenvalue weighted by atomic mass is 16.6. The van der Waals surface area contributed by atoms with E-state index >= 15 is 0 Å². The van der Waals surface area contributed by atoms with E-state index in [0.717, 1.165) is 4.90 Å². The van der Waals surface area contributed by atoms with Crippen molar-refractivity contribution < 1.29 is 29.0 Å². The van der Waals surface area contributed by atoms with Crippen LogP contribution in [-0.2, 0) is 19.1 Å². The molecule has 0 saturated carbocycles. The number of aliphatic carboxylic acids is 1. The molecule has 2 aliphatic heterocycles. The molecule has 0 aromatic carbocycles. The first kappa shape index (κ1) is 13.3. The molecule has 9 heteroatoms. The Labute approximate surface area is 108 Å². The first-order chi connectivity index (χ1) is 8.99. The average molecular weight is 271 g/mol. The minimum absolute atomic E-state index is 0.0636. The van der Waals surface area contributed by atoms with Gasteiger partial charge >= 0.3 is 12.1 Å². The molecule has 0 aromatic rings. The number of nitrogens with one attached hydrogen (secondary N) is 1. The van der Waals surface area contributed by atoms with Crippen LogP contribution < -0.4 is 5.32 Å². The van der Waals surface area contributed by atoms with Crippen LogP contribution >= 0.6 is 0 Å². The van der Waals surface area contributed by atoms with Crippen LogP contribution in [0, 0.1) is 0 Å². The van der Waals surface area contributed by atoms with Gasteiger partial charge in [0.2, 0.25) is 11.8 Å². The highest BCUT2D eigenvalue weighted by molar-refractivity contribution is 5.94. The van der Waals surface area contributed by atoms with Gasteiger partial charge in [-0.25, -0.2) is 9.69 Å². The summed E-state index contributed by atoms with van der Waals surface area (Å²) < 4.78 is 4.62. The molecule has 104 valence electrons. The Kier molecular flexibility index (Phi) is 3.65. The van der Waals surface area contributed by atoms with Crippen molar-refractivity contribution in [2.24, 2.45) is 0 Å². The number of imide groups is 1. The lowest BCUT2D eigenvalue weighted by Crippen LogP contribution is -2.59. The molecule has 1 unspecified atom stereocenters. The van der Waals surface area contributed by atoms with Gasteiger partial charge in [-0.1, -0.05) is 0 Å². The van der Waals surface area contributed by atoms with Crippen molar-refractivity contribution in [3.05, 3.63) is 0 Å². The Morgan fingerprint density at radius 2 is 2.16 bits per heavy atom. The molecule has 2 heterocycles. The molecule has 2 saturated heterocycles. The van der Waals surface area contributed by atoms with E-state index in [2.05, 4.69) is 10.1 Å². The Morgan fingerprint density at radius 3 is 2.74 bits per heavy atom. The van der Waals surface area contributed by atoms with E-state index in [-0.39, 0.29) is 38.7 Å². The second kappa shape index (κ2) is 5.22. The molecule has 2 aliphatic rings. The van der Waals surface area contributed by atoms with E-state index in [4.69, 9.17) is 5.11 Å². The molecule has 0 radical (unpaired) electrons. The SMILES string of the molecule is O=C1CN(CC(=O)N2CCOC2=O)C(C(=O)O)CN1. The number of carbonyl (C=O) groups excluding carboxylic acids is 3. The fourth-order valence-corrected chi connectivity index (χ4v) is 1.98. The number of ether oxygens (including phenoxy) is 1. The van der Waals surface area contributed by atoms with Crippen LogP contribution in [0.25, 0.3) is 0 Å². The number of nitrogens with zero attached hydrogens (tertiary/aromatic N) is 2. The molecule has 0 aliphatic carbocycles. The average Bonchev–Trinajstić information content (AvgIpc) is 2.75. The molecule has 9 nitrogen and oxygen atoms in total. The smallest absolute Gasteiger partial charge is 0.416 e. The summed E-state index contributed by atoms with van der Waals surface area (Å²) in [6.07, 6.45) is -0.738. The summed E-state index contributed by atoms with van der Waals surface area (Å²) in [6, 6.07) is -0.972. The summed E-state index contributed by atoms with van der Waals surface area (Å²) in [6.45, 7) is -0.278. The van der Waals surface area contributed by atoms with E-state index in [0.29, 0.717) is 0 Å². The first-order valence-electron chi connectivity index (χ1n) is 5.69. The standard InChI is InChI=1S/C10H13N3O6/c14-7-4-12(6(3-11-7)9(16)17)5-8(15)13-1-2-19-10(13)18/h6H,1-5H2,(H,11,14)(H,16,17). The Hall–Kier alpha value is -2.16. The van der Waals surface area contributed by atoms with Crippen LogP contribution in [0.2, 0.25) is 0 Å². The Bertz CT molecular complexity index is 437. The largest absolute Gasteiger partial charge is 0.480 e. The van der Waals surface area contributed by atoms with Crippen molar-refractivity contribution >= 4 is 23.9 Å². The van der Waals surface area contributed by atoms with Crippen molar-refractivity contribution in [2.75, 3.05) is 32.8 Å². The molecule has 3 amide bonds. The van der Waals surface area contributed by atoms with Crippen LogP contribution in [-0.4, -0.2) is 77.6 Å². The molecular formula is C10H13N3O6. The maximum Gasteiger partial charge on any atom is 0.416 e. The molecular weight excluding hydrogens is 258 g/mol. The van der Waals surface area contributed by atoms with Crippen molar-refractivity contribution in [3.63, 3.8) is 0 Å². The maximum atomic E-state index is 11.9. The number of rotatable bonds is 3. The topological polar surface area (TPSA) is 116 Å². The molecule has 19 heavy (non-hydrogen) atoms. The predicted molar refractivity (Wildman–Crippen MR) is 59.1 cm³/mol. The van der Waals surface area contributed by atoms with E-state index in [1.165, 1.54) is 4.90 Å². The number of carboxylic acid groups (broad SMARTS) is 1. The van der Waals surface area contributed by atoms with Crippen molar-refractivity contribution in [2.45, 2.75) is 6.04 Å². The van der Waals surface area contributed by atoms with Crippen molar-refractivity contribution in [1.29, 1.82) is 0 Å². The second-order valence-electron chi connectivity index (χ2n) is 4.22. The second-order valence-corrected chi connectivity index (χ2v) is 4.22. The zero-order valence-electron chi connectivity index (χ0n) is 10.00. The highest BCUT2D eigenvalue weighted by Crippen LogP contribution is 2.08. The first-order valence-corrected chi connectivity index (χ1v) is 5.69. The minimum atomic E-state index is -1.13. The molecule has 2 N–H and O–H groups in total. The summed E-state index contributed by atoms with van der Waals surface area (Å²) >= 11 is 0. The number of carboxylic acids is 1. The minimum Gasteiger partial charge on any atom is -0.480 e. The van der Waals surface area contributed by atoms with Gasteiger partial charge in [0.1, 0.15) is 12.6 Å². The van der Waals surface area contributed by atoms with E-state index in [1.54, 1.807) is 0 Å². The van der Waals surface area contributed by atoms with Gasteiger partial charge in [0.15, 0.2) is 0 Å². The highest BCUT2D eigenvalue weighted by Gasteiger charge is 2.36. The van der Waals surface area contributed by atoms with Crippen LogP contribution in [0.3, 0.4) is 0 Å². The van der Waals surface area contributed by atoms with Crippen molar-refractivity contribution in [3.8, 4) is 0 Å². The fourth-order valence-electron chi connectivity index (χ4n) is 1.98. The van der Waals surface area contributed by atoms with Crippen LogP contribution in [0.15, 0.2) is 0 Å². The monoisotopic (exact) mass is 271 g/mol. The molecule has 1 atom stereocenters. The predicted octanol–water partition coefficient (Wildman–Crippen LogP) is -2.15. The lowest BCUT2D eigenvalue weighted by Gasteiger charge is -2.32. The van der Waals surface area contributed by atoms with Crippen LogP contribution in [0.1, 0.15) is 0 Å². The molecule has 2 fully saturated rings. The van der Waals surface area contributed by atoms with Gasteiger partial charge in [-0.05, 0) is 0 Å². The van der Waals surface area contributed by atoms with E-state index in [1.807, 2.05) is 0 Å². The van der Waals surface area contributed by atoms with Crippen LogP contribution in [0.4, 0.5) is 4.79 Å². The molecule has 2 rings (SSSR count). The number of cyclic esters (lactones) is 1. The third-order valence-corrected chi connectivity index (χ3v) is 2.97. The number of hydrogen-bond acceptors (Lipinski definition) is 6. The van der Waals surface area contributed by atoms with Gasteiger partial charge in [0.05, 0.1) is 19.6 Å². The number of amides is 3. The summed E-state index contributed by atoms with van der Waals surface area (Å²) in [7, 11) is 0. The lowest BCUT2D eigenvalue weighted by atomic mass is 10.2. The summed E-state index contributed by atoms with van der Waals surface area (Å²) in [5.74, 6) is -2.05. The molecule has 0 aromatic heterocycles. The third kappa shape index (κ3) is 2.81. The Balaban J connectivity index is 2.02. The fraction of sp³-hybridized carbons (Fsp3) is 0.600. The van der Waals surface area contributed by atoms with Crippen LogP contribution in [0.5, 0.6) is 0 Å². The normalized spacial score (nSPS) is 24.0. The number of carbonyl (C=O) groups is 4. The maximum absolute atomic E-state index is 11.9. The molecule has 0 spiro atoms. The third-order valence-electron chi connectivity index (χ3n) is 2.97. The number of hydrogen-bond donors (Lipinski definition) is 2. The summed E-state index contributed by atoms with van der Waals surface area (Å²) in [5, 5.41) is 11.4. The Morgan fingerprint density at radius 1 is 1.42 bits per heavy atom. The van der Waals surface area contributed by atoms with E-state index in [9.17, 15) is 19.2 Å². The van der Waals surface area contributed by atoms with Gasteiger partial charge < -0.3 is 15.2 Å². The van der Waals surface area contributed by atoms with Gasteiger partial charge in [-0.2, -0.15) is 0 Å². The van der Waals surface area contributed by atoms with Gasteiger partial charge in [0.25, 0.3) is 0 Å². The zero-order chi connectivity index (χ0) is 14.0. The quantitative estimate of drug-likeness (QED) is 0.601. The van der Waals surface area contributed by atoms with Crippen molar-refractivity contribution in [1.82, 2.24) is 15.1 Å². The molecule has 0 bridgehead atoms. The summed E-state index contributed by atoms with van der Waals surface area (Å²) in [5.41, 5.74) is 0. The lowest BCUT2D eigenvalue weighted by molar-refractivity contribution is -0.147. The summed E-state index contributed by atoms with van der Waals surface area (Å²) in [4.78, 5) is 47.5. The number of piperazine rings is 1. The van der Waals surface area contributed by atoms with Gasteiger partial charge in [-0.3, -0.25) is 19.3 Å². The zero-order valence-corrected chi connectivity index (χ0v) is 10.00. The van der Waals surface area contributed by atoms with Gasteiger partial charge in [0, 0.05) is 6.54 Å². The van der Waals surface area contributed by atoms with E-state index < -0.39 is 24.0 Å².